The average molecular weight is 304 g/mol. The Kier molecular flexibility index (Phi) is 5.06. The van der Waals surface area contributed by atoms with Crippen molar-refractivity contribution < 1.29 is 19.1 Å². The molecule has 0 bridgehead atoms. The predicted octanol–water partition coefficient (Wildman–Crippen LogP) is 2.71. The molecule has 3 N–H and O–H groups in total. The number of aliphatic hydroxyl groups is 1. The quantitative estimate of drug-likeness (QED) is 0.766. The molecule has 0 aliphatic rings. The lowest BCUT2D eigenvalue weighted by molar-refractivity contribution is 0.0372. The van der Waals surface area contributed by atoms with Crippen LogP contribution in [0.25, 0.3) is 0 Å². The maximum Gasteiger partial charge on any atom is 0.319 e. The minimum absolute atomic E-state index is 0.0170. The number of benzene rings is 1. The lowest BCUT2D eigenvalue weighted by Crippen LogP contribution is -2.40. The maximum atomic E-state index is 12.0. The molecule has 6 heteroatoms. The zero-order chi connectivity index (χ0) is 16.0. The van der Waals surface area contributed by atoms with Crippen LogP contribution in [0.1, 0.15) is 19.6 Å². The summed E-state index contributed by atoms with van der Waals surface area (Å²) in [4.78, 5) is 12.0. The lowest BCUT2D eigenvalue weighted by Gasteiger charge is -2.21. The monoisotopic (exact) mass is 304 g/mol. The van der Waals surface area contributed by atoms with Crippen molar-refractivity contribution in [3.63, 3.8) is 0 Å². The van der Waals surface area contributed by atoms with Crippen molar-refractivity contribution in [2.45, 2.75) is 19.4 Å². The Hall–Kier alpha value is -2.47. The molecule has 1 heterocycles. The van der Waals surface area contributed by atoms with Crippen molar-refractivity contribution in [1.82, 2.24) is 5.32 Å². The summed E-state index contributed by atoms with van der Waals surface area (Å²) in [6.07, 6.45) is 1.47. The Bertz CT molecular complexity index is 608. The highest BCUT2D eigenvalue weighted by Crippen LogP contribution is 2.24. The van der Waals surface area contributed by atoms with Crippen LogP contribution >= 0.6 is 0 Å². The van der Waals surface area contributed by atoms with Crippen LogP contribution in [0.4, 0.5) is 10.5 Å². The fourth-order valence-corrected chi connectivity index (χ4v) is 1.94. The summed E-state index contributed by atoms with van der Waals surface area (Å²) in [5.74, 6) is 0.987. The summed E-state index contributed by atoms with van der Waals surface area (Å²) in [6, 6.07) is 10.1. The Balaban J connectivity index is 1.94. The van der Waals surface area contributed by atoms with Gasteiger partial charge in [-0.3, -0.25) is 0 Å². The second kappa shape index (κ2) is 7.00. The number of ether oxygens (including phenoxy) is 1. The van der Waals surface area contributed by atoms with Crippen LogP contribution in [0.5, 0.6) is 5.75 Å². The molecule has 2 aromatic rings. The molecule has 0 spiro atoms. The summed E-state index contributed by atoms with van der Waals surface area (Å²) < 4.78 is 10.6. The molecule has 1 aromatic carbocycles. The van der Waals surface area contributed by atoms with E-state index in [1.807, 2.05) is 13.0 Å². The third-order valence-corrected chi connectivity index (χ3v) is 3.08. The normalized spacial score (nSPS) is 13.2. The summed E-state index contributed by atoms with van der Waals surface area (Å²) in [5.41, 5.74) is -0.709. The number of carbonyl (C=O) groups is 1. The molecule has 2 amide bonds. The summed E-state index contributed by atoms with van der Waals surface area (Å²) in [7, 11) is 0. The standard InChI is InChI=1S/C16H20N2O4/c1-3-21-13-8-5-4-7-12(13)18-15(19)17-11-16(2,20)14-9-6-10-22-14/h4-10,20H,3,11H2,1-2H3,(H2,17,18,19). The first-order valence-corrected chi connectivity index (χ1v) is 7.06. The van der Waals surface area contributed by atoms with Gasteiger partial charge >= 0.3 is 6.03 Å². The number of amides is 2. The molecular formula is C16H20N2O4. The zero-order valence-corrected chi connectivity index (χ0v) is 12.6. The first-order valence-electron chi connectivity index (χ1n) is 7.06. The van der Waals surface area contributed by atoms with Gasteiger partial charge in [-0.1, -0.05) is 12.1 Å². The van der Waals surface area contributed by atoms with Gasteiger partial charge in [0.15, 0.2) is 0 Å². The predicted molar refractivity (Wildman–Crippen MR) is 82.9 cm³/mol. The average Bonchev–Trinajstić information content (AvgIpc) is 3.03. The fourth-order valence-electron chi connectivity index (χ4n) is 1.94. The van der Waals surface area contributed by atoms with Gasteiger partial charge in [-0.15, -0.1) is 0 Å². The minimum atomic E-state index is -1.28. The van der Waals surface area contributed by atoms with Gasteiger partial charge in [0.25, 0.3) is 0 Å². The summed E-state index contributed by atoms with van der Waals surface area (Å²) >= 11 is 0. The molecule has 118 valence electrons. The van der Waals surface area contributed by atoms with E-state index in [0.717, 1.165) is 0 Å². The number of rotatable bonds is 6. The lowest BCUT2D eigenvalue weighted by atomic mass is 10.0. The van der Waals surface area contributed by atoms with Gasteiger partial charge in [0, 0.05) is 0 Å². The Labute approximate surface area is 129 Å². The third-order valence-electron chi connectivity index (χ3n) is 3.08. The van der Waals surface area contributed by atoms with E-state index in [1.165, 1.54) is 6.26 Å². The number of nitrogens with one attached hydrogen (secondary N) is 2. The van der Waals surface area contributed by atoms with Crippen LogP contribution in [0, 0.1) is 0 Å². The van der Waals surface area contributed by atoms with E-state index in [9.17, 15) is 9.90 Å². The molecule has 1 unspecified atom stereocenters. The van der Waals surface area contributed by atoms with E-state index < -0.39 is 11.6 Å². The summed E-state index contributed by atoms with van der Waals surface area (Å²) in [6.45, 7) is 3.97. The Morgan fingerprint density at radius 3 is 2.77 bits per heavy atom. The molecular weight excluding hydrogens is 284 g/mol. The first-order chi connectivity index (χ1) is 10.5. The van der Waals surface area contributed by atoms with Crippen LogP contribution in [-0.4, -0.2) is 24.3 Å². The van der Waals surface area contributed by atoms with Crippen LogP contribution in [0.2, 0.25) is 0 Å². The zero-order valence-electron chi connectivity index (χ0n) is 12.6. The van der Waals surface area contributed by atoms with Crippen molar-refractivity contribution in [3.8, 4) is 5.75 Å². The molecule has 0 aliphatic carbocycles. The van der Waals surface area contributed by atoms with Gasteiger partial charge in [-0.05, 0) is 38.1 Å². The van der Waals surface area contributed by atoms with E-state index in [0.29, 0.717) is 23.8 Å². The maximum absolute atomic E-state index is 12.0. The van der Waals surface area contributed by atoms with E-state index in [4.69, 9.17) is 9.15 Å². The Morgan fingerprint density at radius 1 is 1.32 bits per heavy atom. The van der Waals surface area contributed by atoms with E-state index in [-0.39, 0.29) is 6.54 Å². The highest BCUT2D eigenvalue weighted by atomic mass is 16.5. The van der Waals surface area contributed by atoms with Gasteiger partial charge in [0.1, 0.15) is 17.1 Å². The van der Waals surface area contributed by atoms with E-state index in [2.05, 4.69) is 10.6 Å². The molecule has 0 saturated carbocycles. The molecule has 1 atom stereocenters. The SMILES string of the molecule is CCOc1ccccc1NC(=O)NCC(C)(O)c1ccco1. The van der Waals surface area contributed by atoms with Gasteiger partial charge in [0.2, 0.25) is 0 Å². The molecule has 2 rings (SSSR count). The number of urea groups is 1. The highest BCUT2D eigenvalue weighted by Gasteiger charge is 2.26. The van der Waals surface area contributed by atoms with E-state index >= 15 is 0 Å². The minimum Gasteiger partial charge on any atom is -0.492 e. The van der Waals surface area contributed by atoms with Crippen molar-refractivity contribution in [3.05, 3.63) is 48.4 Å². The van der Waals surface area contributed by atoms with Crippen LogP contribution in [-0.2, 0) is 5.60 Å². The highest BCUT2D eigenvalue weighted by molar-refractivity contribution is 5.90. The molecule has 0 fully saturated rings. The molecule has 1 aromatic heterocycles. The molecule has 0 saturated heterocycles. The second-order valence-electron chi connectivity index (χ2n) is 4.99. The number of anilines is 1. The number of para-hydroxylation sites is 2. The van der Waals surface area contributed by atoms with Gasteiger partial charge in [-0.2, -0.15) is 0 Å². The number of hydrogen-bond donors (Lipinski definition) is 3. The molecule has 6 nitrogen and oxygen atoms in total. The van der Waals surface area contributed by atoms with Crippen molar-refractivity contribution in [1.29, 1.82) is 0 Å². The molecule has 0 aliphatic heterocycles. The van der Waals surface area contributed by atoms with Gasteiger partial charge in [-0.25, -0.2) is 4.79 Å². The molecule has 0 radical (unpaired) electrons. The van der Waals surface area contributed by atoms with Crippen molar-refractivity contribution in [2.24, 2.45) is 0 Å². The van der Waals surface area contributed by atoms with Crippen LogP contribution < -0.4 is 15.4 Å². The van der Waals surface area contributed by atoms with Crippen molar-refractivity contribution >= 4 is 11.7 Å². The smallest absolute Gasteiger partial charge is 0.319 e. The number of hydrogen-bond acceptors (Lipinski definition) is 4. The number of furan rings is 1. The van der Waals surface area contributed by atoms with Crippen LogP contribution in [0.3, 0.4) is 0 Å². The van der Waals surface area contributed by atoms with Crippen molar-refractivity contribution in [2.75, 3.05) is 18.5 Å². The second-order valence-corrected chi connectivity index (χ2v) is 4.99. The third kappa shape index (κ3) is 4.02. The van der Waals surface area contributed by atoms with E-state index in [1.54, 1.807) is 37.3 Å². The van der Waals surface area contributed by atoms with Gasteiger partial charge in [0.05, 0.1) is 25.1 Å². The fraction of sp³-hybridized carbons (Fsp3) is 0.312. The van der Waals surface area contributed by atoms with Crippen LogP contribution in [0.15, 0.2) is 47.1 Å². The first kappa shape index (κ1) is 15.9. The topological polar surface area (TPSA) is 83.7 Å². The Morgan fingerprint density at radius 2 is 2.09 bits per heavy atom. The largest absolute Gasteiger partial charge is 0.492 e. The summed E-state index contributed by atoms with van der Waals surface area (Å²) in [5, 5.41) is 15.6. The van der Waals surface area contributed by atoms with Gasteiger partial charge < -0.3 is 24.9 Å². The molecule has 22 heavy (non-hydrogen) atoms. The number of carbonyl (C=O) groups excluding carboxylic acids is 1.